The van der Waals surface area contributed by atoms with Gasteiger partial charge in [0.05, 0.1) is 19.2 Å². The SMILES string of the molecule is COC(=O)c1ccc(NC(=O)NCCOc2ccc(C(C)C)cc2)cc1. The van der Waals surface area contributed by atoms with Gasteiger partial charge in [-0.1, -0.05) is 26.0 Å². The molecule has 0 spiro atoms. The number of ether oxygens (including phenoxy) is 2. The number of carbonyl (C=O) groups excluding carboxylic acids is 2. The van der Waals surface area contributed by atoms with E-state index in [1.165, 1.54) is 12.7 Å². The van der Waals surface area contributed by atoms with Crippen LogP contribution in [0, 0.1) is 0 Å². The minimum atomic E-state index is -0.417. The molecule has 0 fully saturated rings. The summed E-state index contributed by atoms with van der Waals surface area (Å²) in [6.45, 7) is 5.02. The molecule has 0 aliphatic heterocycles. The summed E-state index contributed by atoms with van der Waals surface area (Å²) in [6.07, 6.45) is 0. The van der Waals surface area contributed by atoms with E-state index >= 15 is 0 Å². The highest BCUT2D eigenvalue weighted by molar-refractivity contribution is 5.92. The number of carbonyl (C=O) groups is 2. The minimum Gasteiger partial charge on any atom is -0.492 e. The van der Waals surface area contributed by atoms with Gasteiger partial charge in [-0.05, 0) is 47.9 Å². The highest BCUT2D eigenvalue weighted by Gasteiger charge is 2.06. The lowest BCUT2D eigenvalue weighted by Crippen LogP contribution is -2.32. The molecular formula is C20H24N2O4. The van der Waals surface area contributed by atoms with Crippen molar-refractivity contribution in [2.24, 2.45) is 0 Å². The number of nitrogens with one attached hydrogen (secondary N) is 2. The average molecular weight is 356 g/mol. The van der Waals surface area contributed by atoms with Crippen LogP contribution in [-0.4, -0.2) is 32.3 Å². The molecule has 138 valence electrons. The third-order valence-corrected chi connectivity index (χ3v) is 3.77. The Kier molecular flexibility index (Phi) is 7.02. The third-order valence-electron chi connectivity index (χ3n) is 3.77. The summed E-state index contributed by atoms with van der Waals surface area (Å²) in [5.74, 6) is 0.839. The summed E-state index contributed by atoms with van der Waals surface area (Å²) in [5.41, 5.74) is 2.27. The van der Waals surface area contributed by atoms with Crippen molar-refractivity contribution in [3.05, 3.63) is 59.7 Å². The first kappa shape index (κ1) is 19.3. The van der Waals surface area contributed by atoms with Gasteiger partial charge >= 0.3 is 12.0 Å². The number of esters is 1. The summed E-state index contributed by atoms with van der Waals surface area (Å²) < 4.78 is 10.2. The maximum absolute atomic E-state index is 11.8. The number of rotatable bonds is 7. The molecular weight excluding hydrogens is 332 g/mol. The molecule has 0 aromatic heterocycles. The van der Waals surface area contributed by atoms with E-state index in [1.807, 2.05) is 24.3 Å². The van der Waals surface area contributed by atoms with Gasteiger partial charge in [0.25, 0.3) is 0 Å². The normalized spacial score (nSPS) is 10.3. The maximum atomic E-state index is 11.8. The van der Waals surface area contributed by atoms with E-state index in [0.29, 0.717) is 30.3 Å². The highest BCUT2D eigenvalue weighted by atomic mass is 16.5. The summed E-state index contributed by atoms with van der Waals surface area (Å²) in [4.78, 5) is 23.2. The van der Waals surface area contributed by atoms with Gasteiger partial charge in [-0.25, -0.2) is 9.59 Å². The van der Waals surface area contributed by atoms with Crippen LogP contribution in [0.5, 0.6) is 5.75 Å². The van der Waals surface area contributed by atoms with Crippen molar-refractivity contribution < 1.29 is 19.1 Å². The van der Waals surface area contributed by atoms with E-state index in [9.17, 15) is 9.59 Å². The van der Waals surface area contributed by atoms with E-state index in [-0.39, 0.29) is 6.03 Å². The topological polar surface area (TPSA) is 76.7 Å². The van der Waals surface area contributed by atoms with Gasteiger partial charge in [-0.15, -0.1) is 0 Å². The summed E-state index contributed by atoms with van der Waals surface area (Å²) in [5, 5.41) is 5.40. The number of amides is 2. The largest absolute Gasteiger partial charge is 0.492 e. The predicted octanol–water partition coefficient (Wildman–Crippen LogP) is 3.80. The molecule has 26 heavy (non-hydrogen) atoms. The standard InChI is InChI=1S/C20H24N2O4/c1-14(2)15-6-10-18(11-7-15)26-13-12-21-20(24)22-17-8-4-16(5-9-17)19(23)25-3/h4-11,14H,12-13H2,1-3H3,(H2,21,22,24). The van der Waals surface area contributed by atoms with Crippen molar-refractivity contribution >= 4 is 17.7 Å². The van der Waals surface area contributed by atoms with Crippen LogP contribution in [0.4, 0.5) is 10.5 Å². The molecule has 0 atom stereocenters. The van der Waals surface area contributed by atoms with E-state index < -0.39 is 5.97 Å². The molecule has 2 N–H and O–H groups in total. The Bertz CT molecular complexity index is 724. The predicted molar refractivity (Wildman–Crippen MR) is 101 cm³/mol. The number of hydrogen-bond donors (Lipinski definition) is 2. The van der Waals surface area contributed by atoms with Gasteiger partial charge in [0.15, 0.2) is 0 Å². The van der Waals surface area contributed by atoms with Crippen LogP contribution in [-0.2, 0) is 4.74 Å². The zero-order valence-electron chi connectivity index (χ0n) is 15.2. The second kappa shape index (κ2) is 9.46. The number of anilines is 1. The van der Waals surface area contributed by atoms with Crippen LogP contribution in [0.3, 0.4) is 0 Å². The molecule has 2 amide bonds. The number of methoxy groups -OCH3 is 1. The molecule has 2 rings (SSSR count). The molecule has 6 heteroatoms. The second-order valence-corrected chi connectivity index (χ2v) is 6.02. The fraction of sp³-hybridized carbons (Fsp3) is 0.300. The lowest BCUT2D eigenvalue weighted by Gasteiger charge is -2.10. The minimum absolute atomic E-state index is 0.338. The Morgan fingerprint density at radius 2 is 1.65 bits per heavy atom. The van der Waals surface area contributed by atoms with Gasteiger partial charge in [-0.2, -0.15) is 0 Å². The van der Waals surface area contributed by atoms with Crippen LogP contribution in [0.25, 0.3) is 0 Å². The molecule has 0 saturated carbocycles. The van der Waals surface area contributed by atoms with Crippen molar-refractivity contribution in [3.8, 4) is 5.75 Å². The first-order valence-corrected chi connectivity index (χ1v) is 8.45. The Balaban J connectivity index is 1.71. The van der Waals surface area contributed by atoms with Gasteiger partial charge in [0.2, 0.25) is 0 Å². The molecule has 0 aliphatic carbocycles. The fourth-order valence-electron chi connectivity index (χ4n) is 2.27. The van der Waals surface area contributed by atoms with Gasteiger partial charge in [-0.3, -0.25) is 0 Å². The van der Waals surface area contributed by atoms with Crippen molar-refractivity contribution in [2.45, 2.75) is 19.8 Å². The average Bonchev–Trinajstić information content (AvgIpc) is 2.65. The van der Waals surface area contributed by atoms with Crippen molar-refractivity contribution in [2.75, 3.05) is 25.6 Å². The molecule has 2 aromatic carbocycles. The van der Waals surface area contributed by atoms with E-state index in [4.69, 9.17) is 4.74 Å². The van der Waals surface area contributed by atoms with Crippen LogP contribution < -0.4 is 15.4 Å². The van der Waals surface area contributed by atoms with E-state index in [1.54, 1.807) is 24.3 Å². The molecule has 0 unspecified atom stereocenters. The van der Waals surface area contributed by atoms with Crippen LogP contribution in [0.1, 0.15) is 35.7 Å². The van der Waals surface area contributed by atoms with Gasteiger partial charge < -0.3 is 20.1 Å². The maximum Gasteiger partial charge on any atom is 0.337 e. The first-order chi connectivity index (χ1) is 12.5. The van der Waals surface area contributed by atoms with E-state index in [0.717, 1.165) is 5.75 Å². The Labute approximate surface area is 153 Å². The lowest BCUT2D eigenvalue weighted by atomic mass is 10.0. The highest BCUT2D eigenvalue weighted by Crippen LogP contribution is 2.18. The summed E-state index contributed by atoms with van der Waals surface area (Å²) in [6, 6.07) is 14.1. The molecule has 0 heterocycles. The molecule has 0 bridgehead atoms. The molecule has 0 saturated heterocycles. The molecule has 0 aliphatic rings. The van der Waals surface area contributed by atoms with Gasteiger partial charge in [0.1, 0.15) is 12.4 Å². The quantitative estimate of drug-likeness (QED) is 0.584. The Morgan fingerprint density at radius 1 is 1.00 bits per heavy atom. The van der Waals surface area contributed by atoms with Crippen LogP contribution >= 0.6 is 0 Å². The zero-order valence-corrected chi connectivity index (χ0v) is 15.2. The second-order valence-electron chi connectivity index (χ2n) is 6.02. The first-order valence-electron chi connectivity index (χ1n) is 8.45. The molecule has 6 nitrogen and oxygen atoms in total. The van der Waals surface area contributed by atoms with Crippen LogP contribution in [0.2, 0.25) is 0 Å². The van der Waals surface area contributed by atoms with Crippen molar-refractivity contribution in [3.63, 3.8) is 0 Å². The lowest BCUT2D eigenvalue weighted by molar-refractivity contribution is 0.0600. The number of hydrogen-bond acceptors (Lipinski definition) is 4. The third kappa shape index (κ3) is 5.81. The number of benzene rings is 2. The number of urea groups is 1. The molecule has 0 radical (unpaired) electrons. The van der Waals surface area contributed by atoms with E-state index in [2.05, 4.69) is 29.2 Å². The Hall–Kier alpha value is -3.02. The van der Waals surface area contributed by atoms with Crippen LogP contribution in [0.15, 0.2) is 48.5 Å². The monoisotopic (exact) mass is 356 g/mol. The smallest absolute Gasteiger partial charge is 0.337 e. The summed E-state index contributed by atoms with van der Waals surface area (Å²) in [7, 11) is 1.32. The zero-order chi connectivity index (χ0) is 18.9. The summed E-state index contributed by atoms with van der Waals surface area (Å²) >= 11 is 0. The Morgan fingerprint density at radius 3 is 2.23 bits per heavy atom. The van der Waals surface area contributed by atoms with Crippen molar-refractivity contribution in [1.29, 1.82) is 0 Å². The fourth-order valence-corrected chi connectivity index (χ4v) is 2.27. The van der Waals surface area contributed by atoms with Crippen molar-refractivity contribution in [1.82, 2.24) is 5.32 Å². The molecule has 2 aromatic rings. The van der Waals surface area contributed by atoms with Gasteiger partial charge in [0, 0.05) is 5.69 Å².